The second-order valence-electron chi connectivity index (χ2n) is 3.98. The van der Waals surface area contributed by atoms with Crippen molar-refractivity contribution in [2.75, 3.05) is 0 Å². The van der Waals surface area contributed by atoms with Crippen LogP contribution in [-0.2, 0) is 18.4 Å². The number of nitrogens with two attached hydrogens (primary N) is 1. The summed E-state index contributed by atoms with van der Waals surface area (Å²) in [6, 6.07) is 7.19. The molecule has 0 bridgehead atoms. The topological polar surface area (TPSA) is 69.0 Å². The van der Waals surface area contributed by atoms with Gasteiger partial charge in [0.15, 0.2) is 6.54 Å². The Morgan fingerprint density at radius 3 is 2.61 bits per heavy atom. The van der Waals surface area contributed by atoms with Crippen LogP contribution in [0.1, 0.15) is 5.82 Å². The number of primary amides is 1. The van der Waals surface area contributed by atoms with E-state index < -0.39 is 5.91 Å². The van der Waals surface area contributed by atoms with Gasteiger partial charge in [-0.05, 0) is 12.1 Å². The van der Waals surface area contributed by atoms with Gasteiger partial charge in [-0.1, -0.05) is 12.1 Å². The maximum Gasteiger partial charge on any atom is 0.345 e. The number of nitrogens with zero attached hydrogens (tertiary/aromatic N) is 2. The van der Waals surface area contributed by atoms with Crippen LogP contribution in [0.5, 0.6) is 0 Å². The lowest BCUT2D eigenvalue weighted by Crippen LogP contribution is -3.00. The van der Waals surface area contributed by atoms with Gasteiger partial charge in [0, 0.05) is 6.92 Å². The standard InChI is InChI=1S/C12H13N3O2.BrH/c1-8-14(2)12(17)9-5-3-4-6-10(9)15(8)7-11(13)16;/h3-6H,7H2,1-2H3,(H-,13,16);1H. The van der Waals surface area contributed by atoms with Crippen molar-refractivity contribution in [2.24, 2.45) is 12.8 Å². The molecule has 1 aromatic carbocycles. The van der Waals surface area contributed by atoms with E-state index >= 15 is 0 Å². The zero-order chi connectivity index (χ0) is 12.6. The van der Waals surface area contributed by atoms with Gasteiger partial charge < -0.3 is 22.7 Å². The first-order valence-corrected chi connectivity index (χ1v) is 5.29. The Morgan fingerprint density at radius 1 is 1.39 bits per heavy atom. The fourth-order valence-electron chi connectivity index (χ4n) is 1.93. The maximum atomic E-state index is 12.0. The minimum absolute atomic E-state index is 0. The van der Waals surface area contributed by atoms with E-state index in [1.54, 1.807) is 30.7 Å². The molecular weight excluding hydrogens is 298 g/mol. The predicted octanol–water partition coefficient (Wildman–Crippen LogP) is -3.38. The van der Waals surface area contributed by atoms with E-state index in [1.807, 2.05) is 12.1 Å². The highest BCUT2D eigenvalue weighted by Gasteiger charge is 2.18. The van der Waals surface area contributed by atoms with Crippen LogP contribution in [0.15, 0.2) is 29.1 Å². The first-order valence-electron chi connectivity index (χ1n) is 5.29. The number of halogens is 1. The lowest BCUT2D eigenvalue weighted by Gasteiger charge is -2.07. The number of amides is 1. The minimum atomic E-state index is -0.429. The molecule has 1 amide bonds. The van der Waals surface area contributed by atoms with Crippen LogP contribution in [0.25, 0.3) is 10.9 Å². The number of hydrogen-bond donors (Lipinski definition) is 1. The number of hydrogen-bond acceptors (Lipinski definition) is 2. The van der Waals surface area contributed by atoms with Crippen LogP contribution in [-0.4, -0.2) is 10.5 Å². The molecule has 0 saturated heterocycles. The summed E-state index contributed by atoms with van der Waals surface area (Å²) in [5.41, 5.74) is 5.88. The van der Waals surface area contributed by atoms with E-state index in [0.717, 1.165) is 5.52 Å². The van der Waals surface area contributed by atoms with Crippen molar-refractivity contribution in [2.45, 2.75) is 13.5 Å². The number of aromatic nitrogens is 2. The van der Waals surface area contributed by atoms with Crippen molar-refractivity contribution >= 4 is 16.8 Å². The Hall–Kier alpha value is -1.69. The highest BCUT2D eigenvalue weighted by Crippen LogP contribution is 2.05. The monoisotopic (exact) mass is 311 g/mol. The van der Waals surface area contributed by atoms with Crippen molar-refractivity contribution < 1.29 is 26.3 Å². The molecule has 5 nitrogen and oxygen atoms in total. The highest BCUT2D eigenvalue weighted by molar-refractivity contribution is 5.76. The third-order valence-corrected chi connectivity index (χ3v) is 2.92. The van der Waals surface area contributed by atoms with E-state index in [9.17, 15) is 9.59 Å². The molecule has 0 spiro atoms. The lowest BCUT2D eigenvalue weighted by atomic mass is 10.2. The zero-order valence-electron chi connectivity index (χ0n) is 10.2. The molecule has 0 aliphatic carbocycles. The second kappa shape index (κ2) is 5.30. The summed E-state index contributed by atoms with van der Waals surface area (Å²) < 4.78 is 3.27. The van der Waals surface area contributed by atoms with Gasteiger partial charge in [-0.15, -0.1) is 0 Å². The average molecular weight is 312 g/mol. The molecule has 0 atom stereocenters. The Morgan fingerprint density at radius 2 is 2.00 bits per heavy atom. The molecule has 2 aromatic rings. The van der Waals surface area contributed by atoms with E-state index in [0.29, 0.717) is 11.2 Å². The van der Waals surface area contributed by atoms with Crippen molar-refractivity contribution in [1.82, 2.24) is 4.57 Å². The van der Waals surface area contributed by atoms with E-state index in [2.05, 4.69) is 0 Å². The normalized spacial score (nSPS) is 10.1. The number of carbonyl (C=O) groups is 1. The first-order chi connectivity index (χ1) is 8.02. The fourth-order valence-corrected chi connectivity index (χ4v) is 1.93. The van der Waals surface area contributed by atoms with E-state index in [1.165, 1.54) is 4.57 Å². The molecule has 2 N–H and O–H groups in total. The molecule has 0 aliphatic rings. The zero-order valence-corrected chi connectivity index (χ0v) is 11.8. The quantitative estimate of drug-likeness (QED) is 0.588. The SMILES string of the molecule is Cc1n(C)c(=O)c2ccccc2[n+]1CC(N)=O.[Br-]. The minimum Gasteiger partial charge on any atom is -1.00 e. The summed E-state index contributed by atoms with van der Waals surface area (Å²) in [6.07, 6.45) is 0. The first kappa shape index (κ1) is 14.4. The highest BCUT2D eigenvalue weighted by atomic mass is 79.9. The number of rotatable bonds is 2. The van der Waals surface area contributed by atoms with Gasteiger partial charge in [0.25, 0.3) is 11.7 Å². The molecule has 6 heteroatoms. The number of para-hydroxylation sites is 1. The Bertz CT molecular complexity index is 664. The third-order valence-electron chi connectivity index (χ3n) is 2.92. The predicted molar refractivity (Wildman–Crippen MR) is 63.3 cm³/mol. The molecule has 0 aliphatic heterocycles. The largest absolute Gasteiger partial charge is 1.00 e. The summed E-state index contributed by atoms with van der Waals surface area (Å²) in [5, 5.41) is 0.585. The molecule has 0 radical (unpaired) electrons. The van der Waals surface area contributed by atoms with Crippen molar-refractivity contribution in [3.63, 3.8) is 0 Å². The average Bonchev–Trinajstić information content (AvgIpc) is 2.31. The van der Waals surface area contributed by atoms with Gasteiger partial charge in [0.05, 0.1) is 7.05 Å². The Balaban J connectivity index is 0.00000162. The van der Waals surface area contributed by atoms with Gasteiger partial charge in [-0.25, -0.2) is 9.36 Å². The van der Waals surface area contributed by atoms with Crippen LogP contribution in [0.2, 0.25) is 0 Å². The second-order valence-corrected chi connectivity index (χ2v) is 3.98. The number of benzene rings is 1. The summed E-state index contributed by atoms with van der Waals surface area (Å²) in [6.45, 7) is 1.86. The van der Waals surface area contributed by atoms with Gasteiger partial charge in [-0.3, -0.25) is 4.79 Å². The smallest absolute Gasteiger partial charge is 0.345 e. The molecule has 0 fully saturated rings. The molecule has 0 unspecified atom stereocenters. The summed E-state index contributed by atoms with van der Waals surface area (Å²) in [4.78, 5) is 23.1. The lowest BCUT2D eigenvalue weighted by molar-refractivity contribution is -0.669. The van der Waals surface area contributed by atoms with Gasteiger partial charge in [0.1, 0.15) is 10.9 Å². The molecule has 18 heavy (non-hydrogen) atoms. The maximum absolute atomic E-state index is 12.0. The van der Waals surface area contributed by atoms with Gasteiger partial charge in [0.2, 0.25) is 0 Å². The van der Waals surface area contributed by atoms with E-state index in [4.69, 9.17) is 5.73 Å². The Kier molecular flexibility index (Phi) is 4.24. The molecule has 96 valence electrons. The van der Waals surface area contributed by atoms with Crippen molar-refractivity contribution in [3.8, 4) is 0 Å². The number of carbonyl (C=O) groups excluding carboxylic acids is 1. The van der Waals surface area contributed by atoms with Crippen molar-refractivity contribution in [1.29, 1.82) is 0 Å². The van der Waals surface area contributed by atoms with Crippen LogP contribution in [0.3, 0.4) is 0 Å². The molecule has 0 saturated carbocycles. The molecule has 1 aromatic heterocycles. The van der Waals surface area contributed by atoms with Crippen LogP contribution < -0.4 is 32.8 Å². The third kappa shape index (κ3) is 2.28. The summed E-state index contributed by atoms with van der Waals surface area (Å²) in [7, 11) is 1.68. The summed E-state index contributed by atoms with van der Waals surface area (Å²) >= 11 is 0. The van der Waals surface area contributed by atoms with Crippen LogP contribution in [0, 0.1) is 6.92 Å². The van der Waals surface area contributed by atoms with Crippen LogP contribution in [0.4, 0.5) is 0 Å². The van der Waals surface area contributed by atoms with E-state index in [-0.39, 0.29) is 29.1 Å². The fraction of sp³-hybridized carbons (Fsp3) is 0.250. The Labute approximate surface area is 115 Å². The summed E-state index contributed by atoms with van der Waals surface area (Å²) in [5.74, 6) is 0.273. The van der Waals surface area contributed by atoms with Crippen LogP contribution >= 0.6 is 0 Å². The number of fused-ring (bicyclic) bond motifs is 1. The molecule has 2 rings (SSSR count). The van der Waals surface area contributed by atoms with Gasteiger partial charge in [-0.2, -0.15) is 4.57 Å². The van der Waals surface area contributed by atoms with Gasteiger partial charge >= 0.3 is 5.56 Å². The van der Waals surface area contributed by atoms with Crippen molar-refractivity contribution in [3.05, 3.63) is 40.4 Å². The molecule has 1 heterocycles. The molecular formula is C12H14BrN3O2.